The quantitative estimate of drug-likeness (QED) is 0.668. The van der Waals surface area contributed by atoms with Crippen LogP contribution in [0.15, 0.2) is 36.5 Å². The van der Waals surface area contributed by atoms with Gasteiger partial charge >= 0.3 is 6.09 Å². The summed E-state index contributed by atoms with van der Waals surface area (Å²) in [7, 11) is 0. The normalized spacial score (nSPS) is 23.2. The van der Waals surface area contributed by atoms with Crippen molar-refractivity contribution in [1.82, 2.24) is 14.7 Å². The highest BCUT2D eigenvalue weighted by Gasteiger charge is 2.35. The number of amides is 1. The molecule has 0 spiro atoms. The van der Waals surface area contributed by atoms with Crippen LogP contribution in [0, 0.1) is 5.92 Å². The monoisotopic (exact) mass is 448 g/mol. The van der Waals surface area contributed by atoms with Gasteiger partial charge in [0.25, 0.3) is 0 Å². The lowest BCUT2D eigenvalue weighted by Crippen LogP contribution is -2.39. The fourth-order valence-corrected chi connectivity index (χ4v) is 4.97. The van der Waals surface area contributed by atoms with E-state index >= 15 is 0 Å². The summed E-state index contributed by atoms with van der Waals surface area (Å²) in [5.41, 5.74) is 11.7. The molecule has 1 aliphatic heterocycles. The Morgan fingerprint density at radius 2 is 1.88 bits per heavy atom. The fourth-order valence-electron chi connectivity index (χ4n) is 4.97. The van der Waals surface area contributed by atoms with Crippen LogP contribution >= 0.6 is 0 Å². The molecule has 0 atom stereocenters. The van der Waals surface area contributed by atoms with Gasteiger partial charge in [-0.2, -0.15) is 5.10 Å². The summed E-state index contributed by atoms with van der Waals surface area (Å²) < 4.78 is 7.77. The van der Waals surface area contributed by atoms with Gasteiger partial charge in [-0.3, -0.25) is 4.68 Å². The van der Waals surface area contributed by atoms with Crippen molar-refractivity contribution in [2.45, 2.75) is 70.4 Å². The minimum Gasteiger partial charge on any atom is -0.444 e. The SMILES string of the molecule is CC(C)(C)OC(=O)N1CC=C(c2ccccc2-c2cn(C3CC(CN)C3)nc2C2CC2)CC1. The van der Waals surface area contributed by atoms with Crippen LogP contribution < -0.4 is 5.73 Å². The van der Waals surface area contributed by atoms with E-state index in [0.717, 1.165) is 25.8 Å². The molecule has 1 aromatic carbocycles. The van der Waals surface area contributed by atoms with Gasteiger partial charge in [0.2, 0.25) is 0 Å². The zero-order chi connectivity index (χ0) is 23.2. The number of hydrogen-bond acceptors (Lipinski definition) is 4. The van der Waals surface area contributed by atoms with Crippen molar-refractivity contribution in [3.63, 3.8) is 0 Å². The second-order valence-corrected chi connectivity index (χ2v) is 10.9. The average Bonchev–Trinajstić information content (AvgIpc) is 3.51. The molecule has 2 heterocycles. The average molecular weight is 449 g/mol. The van der Waals surface area contributed by atoms with Crippen molar-refractivity contribution in [3.05, 3.63) is 47.8 Å². The van der Waals surface area contributed by atoms with Crippen molar-refractivity contribution < 1.29 is 9.53 Å². The molecule has 0 unspecified atom stereocenters. The third kappa shape index (κ3) is 4.72. The molecule has 33 heavy (non-hydrogen) atoms. The van der Waals surface area contributed by atoms with E-state index in [1.165, 1.54) is 40.8 Å². The van der Waals surface area contributed by atoms with E-state index in [2.05, 4.69) is 41.2 Å². The Morgan fingerprint density at radius 1 is 1.15 bits per heavy atom. The van der Waals surface area contributed by atoms with E-state index in [1.807, 2.05) is 20.8 Å². The fraction of sp³-hybridized carbons (Fsp3) is 0.556. The third-order valence-corrected chi connectivity index (χ3v) is 7.07. The molecule has 2 fully saturated rings. The molecule has 2 N–H and O–H groups in total. The maximum Gasteiger partial charge on any atom is 0.410 e. The van der Waals surface area contributed by atoms with Gasteiger partial charge in [-0.05, 0) is 82.0 Å². The molecule has 1 amide bonds. The van der Waals surface area contributed by atoms with Gasteiger partial charge in [-0.25, -0.2) is 4.79 Å². The second kappa shape index (κ2) is 8.64. The van der Waals surface area contributed by atoms with Crippen molar-refractivity contribution >= 4 is 11.7 Å². The van der Waals surface area contributed by atoms with Crippen LogP contribution in [0.25, 0.3) is 16.7 Å². The van der Waals surface area contributed by atoms with Crippen molar-refractivity contribution in [2.24, 2.45) is 11.7 Å². The number of ether oxygens (including phenoxy) is 1. The summed E-state index contributed by atoms with van der Waals surface area (Å²) in [4.78, 5) is 14.3. The third-order valence-electron chi connectivity index (χ3n) is 7.07. The van der Waals surface area contributed by atoms with Gasteiger partial charge in [0.1, 0.15) is 5.60 Å². The van der Waals surface area contributed by atoms with Crippen molar-refractivity contribution in [3.8, 4) is 11.1 Å². The summed E-state index contributed by atoms with van der Waals surface area (Å²) in [6.45, 7) is 7.75. The van der Waals surface area contributed by atoms with Crippen LogP contribution in [0.5, 0.6) is 0 Å². The van der Waals surface area contributed by atoms with E-state index < -0.39 is 5.60 Å². The molecule has 2 aliphatic carbocycles. The minimum absolute atomic E-state index is 0.236. The minimum atomic E-state index is -0.475. The van der Waals surface area contributed by atoms with Gasteiger partial charge in [0, 0.05) is 30.8 Å². The molecule has 0 radical (unpaired) electrons. The summed E-state index contributed by atoms with van der Waals surface area (Å²) in [6, 6.07) is 9.16. The number of carbonyl (C=O) groups excluding carboxylic acids is 1. The highest BCUT2D eigenvalue weighted by atomic mass is 16.6. The first-order valence-electron chi connectivity index (χ1n) is 12.4. The maximum atomic E-state index is 12.5. The Morgan fingerprint density at radius 3 is 2.48 bits per heavy atom. The highest BCUT2D eigenvalue weighted by molar-refractivity contribution is 5.83. The molecule has 3 aliphatic rings. The van der Waals surface area contributed by atoms with E-state index in [-0.39, 0.29) is 6.09 Å². The van der Waals surface area contributed by atoms with E-state index in [1.54, 1.807) is 4.90 Å². The van der Waals surface area contributed by atoms with Crippen LogP contribution in [0.1, 0.15) is 76.1 Å². The van der Waals surface area contributed by atoms with E-state index in [4.69, 9.17) is 15.6 Å². The number of aromatic nitrogens is 2. The first-order chi connectivity index (χ1) is 15.8. The molecule has 5 rings (SSSR count). The predicted octanol–water partition coefficient (Wildman–Crippen LogP) is 5.36. The smallest absolute Gasteiger partial charge is 0.410 e. The Labute approximate surface area is 196 Å². The zero-order valence-corrected chi connectivity index (χ0v) is 20.1. The summed E-state index contributed by atoms with van der Waals surface area (Å²) in [6.07, 6.45) is 9.78. The molecule has 2 aromatic rings. The zero-order valence-electron chi connectivity index (χ0n) is 20.1. The summed E-state index contributed by atoms with van der Waals surface area (Å²) >= 11 is 0. The van der Waals surface area contributed by atoms with Crippen LogP contribution in [0.3, 0.4) is 0 Å². The predicted molar refractivity (Wildman–Crippen MR) is 131 cm³/mol. The molecule has 0 bridgehead atoms. The maximum absolute atomic E-state index is 12.5. The molecule has 6 nitrogen and oxygen atoms in total. The Balaban J connectivity index is 1.40. The number of nitrogens with two attached hydrogens (primary N) is 1. The van der Waals surface area contributed by atoms with E-state index in [9.17, 15) is 4.79 Å². The lowest BCUT2D eigenvalue weighted by molar-refractivity contribution is 0.0270. The molecular formula is C27H36N4O2. The number of hydrogen-bond donors (Lipinski definition) is 1. The second-order valence-electron chi connectivity index (χ2n) is 10.9. The molecule has 176 valence electrons. The van der Waals surface area contributed by atoms with Crippen LogP contribution in [-0.4, -0.2) is 46.0 Å². The number of rotatable bonds is 5. The van der Waals surface area contributed by atoms with Crippen molar-refractivity contribution in [1.29, 1.82) is 0 Å². The highest BCUT2D eigenvalue weighted by Crippen LogP contribution is 2.47. The van der Waals surface area contributed by atoms with Crippen LogP contribution in [0.2, 0.25) is 0 Å². The Bertz CT molecular complexity index is 1050. The largest absolute Gasteiger partial charge is 0.444 e. The topological polar surface area (TPSA) is 73.4 Å². The van der Waals surface area contributed by atoms with Crippen LogP contribution in [0.4, 0.5) is 4.79 Å². The number of carbonyl (C=O) groups is 1. The summed E-state index contributed by atoms with van der Waals surface area (Å²) in [5.74, 6) is 1.22. The summed E-state index contributed by atoms with van der Waals surface area (Å²) in [5, 5.41) is 5.08. The van der Waals surface area contributed by atoms with Gasteiger partial charge in [0.15, 0.2) is 0 Å². The van der Waals surface area contributed by atoms with Crippen LogP contribution in [-0.2, 0) is 4.74 Å². The molecular weight excluding hydrogens is 412 g/mol. The lowest BCUT2D eigenvalue weighted by atomic mass is 9.80. The lowest BCUT2D eigenvalue weighted by Gasteiger charge is -2.34. The van der Waals surface area contributed by atoms with Gasteiger partial charge in [-0.1, -0.05) is 30.3 Å². The number of benzene rings is 1. The van der Waals surface area contributed by atoms with Gasteiger partial charge < -0.3 is 15.4 Å². The molecule has 1 aromatic heterocycles. The Kier molecular flexibility index (Phi) is 5.81. The van der Waals surface area contributed by atoms with Crippen molar-refractivity contribution in [2.75, 3.05) is 19.6 Å². The molecule has 0 saturated heterocycles. The Hall–Kier alpha value is -2.60. The number of nitrogens with zero attached hydrogens (tertiary/aromatic N) is 3. The molecule has 2 saturated carbocycles. The van der Waals surface area contributed by atoms with E-state index in [0.29, 0.717) is 31.0 Å². The van der Waals surface area contributed by atoms with Gasteiger partial charge in [0.05, 0.1) is 11.7 Å². The molecule has 6 heteroatoms. The first kappa shape index (κ1) is 22.2. The standard InChI is InChI=1S/C27H36N4O2/c1-27(2,3)33-26(32)30-12-10-19(11-13-30)22-6-4-5-7-23(22)24-17-31(21-14-18(15-21)16-28)29-25(24)20-8-9-20/h4-7,10,17-18,20-21H,8-9,11-16,28H2,1-3H3. The first-order valence-corrected chi connectivity index (χ1v) is 12.4. The van der Waals surface area contributed by atoms with Gasteiger partial charge in [-0.15, -0.1) is 0 Å².